The van der Waals surface area contributed by atoms with Crippen molar-refractivity contribution >= 4 is 18.3 Å². The SMILES string of the molecule is CCCOCc1ccccc1CNC(=O)CN1CCC(N)C(C)(C)C1.Cl. The van der Waals surface area contributed by atoms with E-state index in [0.717, 1.165) is 43.7 Å². The van der Waals surface area contributed by atoms with Crippen molar-refractivity contribution in [3.05, 3.63) is 35.4 Å². The maximum absolute atomic E-state index is 12.3. The Balaban J connectivity index is 0.00000338. The minimum absolute atomic E-state index is 0. The van der Waals surface area contributed by atoms with Gasteiger partial charge in [-0.1, -0.05) is 45.0 Å². The molecule has 1 unspecified atom stereocenters. The number of carbonyl (C=O) groups excluding carboxylic acids is 1. The number of nitrogens with one attached hydrogen (secondary N) is 1. The van der Waals surface area contributed by atoms with Crippen LogP contribution >= 0.6 is 12.4 Å². The average molecular weight is 384 g/mol. The molecule has 1 amide bonds. The van der Waals surface area contributed by atoms with E-state index in [1.54, 1.807) is 0 Å². The van der Waals surface area contributed by atoms with Crippen LogP contribution in [0.4, 0.5) is 0 Å². The van der Waals surface area contributed by atoms with Crippen LogP contribution < -0.4 is 11.1 Å². The fourth-order valence-corrected chi connectivity index (χ4v) is 3.27. The van der Waals surface area contributed by atoms with E-state index in [1.807, 2.05) is 18.2 Å². The molecular weight excluding hydrogens is 350 g/mol. The molecule has 0 saturated carbocycles. The molecule has 1 aromatic rings. The van der Waals surface area contributed by atoms with Crippen molar-refractivity contribution in [3.63, 3.8) is 0 Å². The molecule has 26 heavy (non-hydrogen) atoms. The number of nitrogens with zero attached hydrogens (tertiary/aromatic N) is 1. The van der Waals surface area contributed by atoms with Gasteiger partial charge in [0.2, 0.25) is 5.91 Å². The summed E-state index contributed by atoms with van der Waals surface area (Å²) in [5.41, 5.74) is 8.48. The van der Waals surface area contributed by atoms with Crippen molar-refractivity contribution in [3.8, 4) is 0 Å². The number of piperidine rings is 1. The minimum atomic E-state index is 0. The Morgan fingerprint density at radius 1 is 1.35 bits per heavy atom. The van der Waals surface area contributed by atoms with Crippen LogP contribution in [0.25, 0.3) is 0 Å². The van der Waals surface area contributed by atoms with E-state index in [0.29, 0.717) is 19.7 Å². The molecule has 1 fully saturated rings. The molecule has 1 saturated heterocycles. The number of hydrogen-bond donors (Lipinski definition) is 2. The molecule has 0 radical (unpaired) electrons. The molecule has 0 aromatic heterocycles. The second-order valence-corrected chi connectivity index (χ2v) is 7.69. The molecule has 0 bridgehead atoms. The third kappa shape index (κ3) is 6.88. The van der Waals surface area contributed by atoms with Gasteiger partial charge in [0.05, 0.1) is 13.2 Å². The van der Waals surface area contributed by atoms with Gasteiger partial charge >= 0.3 is 0 Å². The van der Waals surface area contributed by atoms with E-state index in [4.69, 9.17) is 10.5 Å². The highest BCUT2D eigenvalue weighted by Crippen LogP contribution is 2.27. The number of rotatable bonds is 8. The molecular formula is C20H34ClN3O2. The molecule has 1 heterocycles. The zero-order valence-electron chi connectivity index (χ0n) is 16.3. The predicted molar refractivity (Wildman–Crippen MR) is 108 cm³/mol. The first-order valence-electron chi connectivity index (χ1n) is 9.31. The molecule has 1 atom stereocenters. The summed E-state index contributed by atoms with van der Waals surface area (Å²) < 4.78 is 5.64. The van der Waals surface area contributed by atoms with Crippen LogP contribution in [0.1, 0.15) is 44.7 Å². The highest BCUT2D eigenvalue weighted by atomic mass is 35.5. The van der Waals surface area contributed by atoms with Crippen molar-refractivity contribution in [1.82, 2.24) is 10.2 Å². The van der Waals surface area contributed by atoms with Gasteiger partial charge in [-0.2, -0.15) is 0 Å². The van der Waals surface area contributed by atoms with Gasteiger partial charge < -0.3 is 15.8 Å². The van der Waals surface area contributed by atoms with E-state index in [1.165, 1.54) is 0 Å². The van der Waals surface area contributed by atoms with Crippen molar-refractivity contribution in [2.45, 2.75) is 52.8 Å². The summed E-state index contributed by atoms with van der Waals surface area (Å²) in [7, 11) is 0. The molecule has 2 rings (SSSR count). The zero-order chi connectivity index (χ0) is 18.3. The van der Waals surface area contributed by atoms with Crippen LogP contribution in [0.15, 0.2) is 24.3 Å². The van der Waals surface area contributed by atoms with Crippen LogP contribution in [-0.2, 0) is 22.7 Å². The maximum Gasteiger partial charge on any atom is 0.234 e. The van der Waals surface area contributed by atoms with E-state index in [9.17, 15) is 4.79 Å². The van der Waals surface area contributed by atoms with E-state index >= 15 is 0 Å². The summed E-state index contributed by atoms with van der Waals surface area (Å²) in [5, 5.41) is 3.05. The van der Waals surface area contributed by atoms with Crippen LogP contribution in [0.5, 0.6) is 0 Å². The van der Waals surface area contributed by atoms with E-state index < -0.39 is 0 Å². The molecule has 0 spiro atoms. The Labute approximate surface area is 164 Å². The van der Waals surface area contributed by atoms with Gasteiger partial charge in [0.15, 0.2) is 0 Å². The van der Waals surface area contributed by atoms with Gasteiger partial charge in [-0.25, -0.2) is 0 Å². The quantitative estimate of drug-likeness (QED) is 0.677. The van der Waals surface area contributed by atoms with Crippen molar-refractivity contribution in [2.24, 2.45) is 11.1 Å². The summed E-state index contributed by atoms with van der Waals surface area (Å²) in [6.07, 6.45) is 1.95. The number of likely N-dealkylation sites (tertiary alicyclic amines) is 1. The number of amides is 1. The molecule has 148 valence electrons. The Hall–Kier alpha value is -1.14. The van der Waals surface area contributed by atoms with Gasteiger partial charge in [-0.15, -0.1) is 12.4 Å². The van der Waals surface area contributed by atoms with Gasteiger partial charge in [0.1, 0.15) is 0 Å². The lowest BCUT2D eigenvalue weighted by molar-refractivity contribution is -0.123. The Kier molecular flexibility index (Phi) is 9.58. The van der Waals surface area contributed by atoms with Gasteiger partial charge in [-0.05, 0) is 29.4 Å². The highest BCUT2D eigenvalue weighted by molar-refractivity contribution is 5.85. The molecule has 1 aromatic carbocycles. The summed E-state index contributed by atoms with van der Waals surface area (Å²) in [6, 6.07) is 8.33. The standard InChI is InChI=1S/C20H33N3O2.ClH/c1-4-11-25-14-17-8-6-5-7-16(17)12-22-19(24)13-23-10-9-18(21)20(2,3)15-23;/h5-8,18H,4,9-15,21H2,1-3H3,(H,22,24);1H. The largest absolute Gasteiger partial charge is 0.377 e. The van der Waals surface area contributed by atoms with Crippen molar-refractivity contribution in [2.75, 3.05) is 26.2 Å². The number of benzene rings is 1. The lowest BCUT2D eigenvalue weighted by Gasteiger charge is -2.42. The Morgan fingerprint density at radius 3 is 2.69 bits per heavy atom. The summed E-state index contributed by atoms with van der Waals surface area (Å²) >= 11 is 0. The first-order valence-corrected chi connectivity index (χ1v) is 9.31. The lowest BCUT2D eigenvalue weighted by Crippen LogP contribution is -2.54. The van der Waals surface area contributed by atoms with Crippen molar-refractivity contribution < 1.29 is 9.53 Å². The second-order valence-electron chi connectivity index (χ2n) is 7.69. The Morgan fingerprint density at radius 2 is 2.04 bits per heavy atom. The minimum Gasteiger partial charge on any atom is -0.377 e. The Bertz CT molecular complexity index is 566. The van der Waals surface area contributed by atoms with Crippen LogP contribution in [0.2, 0.25) is 0 Å². The summed E-state index contributed by atoms with van der Waals surface area (Å²) in [4.78, 5) is 14.5. The van der Waals surface area contributed by atoms with E-state index in [2.05, 4.69) is 37.1 Å². The fourth-order valence-electron chi connectivity index (χ4n) is 3.27. The first kappa shape index (κ1) is 22.9. The van der Waals surface area contributed by atoms with Gasteiger partial charge in [0.25, 0.3) is 0 Å². The number of carbonyl (C=O) groups is 1. The second kappa shape index (κ2) is 10.9. The number of halogens is 1. The third-order valence-corrected chi connectivity index (χ3v) is 4.96. The average Bonchev–Trinajstić information content (AvgIpc) is 2.57. The molecule has 1 aliphatic heterocycles. The zero-order valence-corrected chi connectivity index (χ0v) is 17.1. The molecule has 1 aliphatic rings. The van der Waals surface area contributed by atoms with Crippen LogP contribution in [0, 0.1) is 5.41 Å². The summed E-state index contributed by atoms with van der Waals surface area (Å²) in [5.74, 6) is 0.0653. The van der Waals surface area contributed by atoms with Gasteiger partial charge in [0, 0.05) is 32.3 Å². The lowest BCUT2D eigenvalue weighted by atomic mass is 9.80. The van der Waals surface area contributed by atoms with Crippen LogP contribution in [-0.4, -0.2) is 43.1 Å². The monoisotopic (exact) mass is 383 g/mol. The van der Waals surface area contributed by atoms with E-state index in [-0.39, 0.29) is 29.8 Å². The van der Waals surface area contributed by atoms with Gasteiger partial charge in [-0.3, -0.25) is 9.69 Å². The topological polar surface area (TPSA) is 67.6 Å². The van der Waals surface area contributed by atoms with Crippen LogP contribution in [0.3, 0.4) is 0 Å². The number of ether oxygens (including phenoxy) is 1. The molecule has 6 heteroatoms. The van der Waals surface area contributed by atoms with Crippen molar-refractivity contribution in [1.29, 1.82) is 0 Å². The molecule has 0 aliphatic carbocycles. The number of nitrogens with two attached hydrogens (primary N) is 1. The fraction of sp³-hybridized carbons (Fsp3) is 0.650. The summed E-state index contributed by atoms with van der Waals surface area (Å²) in [6.45, 7) is 10.5. The number of hydrogen-bond acceptors (Lipinski definition) is 4. The third-order valence-electron chi connectivity index (χ3n) is 4.96. The predicted octanol–water partition coefficient (Wildman–Crippen LogP) is 2.71. The molecule has 5 nitrogen and oxygen atoms in total. The highest BCUT2D eigenvalue weighted by Gasteiger charge is 2.33. The smallest absolute Gasteiger partial charge is 0.234 e. The maximum atomic E-state index is 12.3. The molecule has 3 N–H and O–H groups in total. The normalized spacial score (nSPS) is 19.6. The first-order chi connectivity index (χ1) is 11.9.